The molecule has 0 aliphatic rings. The van der Waals surface area contributed by atoms with Gasteiger partial charge >= 0.3 is 6.03 Å². The summed E-state index contributed by atoms with van der Waals surface area (Å²) in [4.78, 5) is 26.2. The second-order valence-electron chi connectivity index (χ2n) is 6.48. The van der Waals surface area contributed by atoms with Crippen molar-refractivity contribution in [2.45, 2.75) is 39.9 Å². The molecule has 138 valence electrons. The number of hydrogen-bond acceptors (Lipinski definition) is 2. The van der Waals surface area contributed by atoms with Crippen molar-refractivity contribution in [3.63, 3.8) is 0 Å². The van der Waals surface area contributed by atoms with Crippen LogP contribution in [0.5, 0.6) is 0 Å². The smallest absolute Gasteiger partial charge is 0.315 e. The maximum absolute atomic E-state index is 12.7. The molecular weight excluding hydrogens is 326 g/mol. The summed E-state index contributed by atoms with van der Waals surface area (Å²) in [5.74, 6) is 0.00779. The average molecular weight is 353 g/mol. The number of benzene rings is 2. The van der Waals surface area contributed by atoms with Crippen molar-refractivity contribution in [3.8, 4) is 0 Å². The molecule has 2 aromatic rings. The molecule has 0 fully saturated rings. The Morgan fingerprint density at radius 3 is 2.19 bits per heavy atom. The van der Waals surface area contributed by atoms with Crippen LogP contribution in [0.2, 0.25) is 0 Å². The van der Waals surface area contributed by atoms with E-state index in [0.29, 0.717) is 25.2 Å². The summed E-state index contributed by atoms with van der Waals surface area (Å²) in [5, 5.41) is 5.58. The molecule has 0 bridgehead atoms. The van der Waals surface area contributed by atoms with Crippen LogP contribution in [-0.2, 0) is 13.1 Å². The highest BCUT2D eigenvalue weighted by atomic mass is 16.2. The van der Waals surface area contributed by atoms with E-state index in [2.05, 4.69) is 10.6 Å². The van der Waals surface area contributed by atoms with Crippen LogP contribution in [0.1, 0.15) is 42.3 Å². The van der Waals surface area contributed by atoms with E-state index in [1.165, 1.54) is 0 Å². The topological polar surface area (TPSA) is 61.4 Å². The lowest BCUT2D eigenvalue weighted by atomic mass is 10.1. The maximum Gasteiger partial charge on any atom is 0.315 e. The van der Waals surface area contributed by atoms with Crippen molar-refractivity contribution in [1.82, 2.24) is 15.5 Å². The van der Waals surface area contributed by atoms with E-state index >= 15 is 0 Å². The number of amides is 3. The quantitative estimate of drug-likeness (QED) is 0.799. The van der Waals surface area contributed by atoms with Crippen molar-refractivity contribution < 1.29 is 9.59 Å². The molecule has 0 heterocycles. The van der Waals surface area contributed by atoms with Gasteiger partial charge in [0, 0.05) is 31.2 Å². The number of carbonyl (C=O) groups is 2. The van der Waals surface area contributed by atoms with E-state index in [9.17, 15) is 9.59 Å². The molecule has 0 spiro atoms. The highest BCUT2D eigenvalue weighted by molar-refractivity contribution is 5.94. The van der Waals surface area contributed by atoms with Gasteiger partial charge in [-0.15, -0.1) is 0 Å². The minimum Gasteiger partial charge on any atom is -0.336 e. The van der Waals surface area contributed by atoms with Gasteiger partial charge in [-0.3, -0.25) is 4.79 Å². The van der Waals surface area contributed by atoms with Gasteiger partial charge in [-0.2, -0.15) is 0 Å². The SMILES string of the molecule is CCN(Cc1ccccc1)C(=O)c1ccc(CNC(=O)NC(C)C)cc1. The van der Waals surface area contributed by atoms with Crippen molar-refractivity contribution in [3.05, 3.63) is 71.3 Å². The van der Waals surface area contributed by atoms with Gasteiger partial charge in [-0.1, -0.05) is 42.5 Å². The first-order valence-corrected chi connectivity index (χ1v) is 8.96. The molecule has 26 heavy (non-hydrogen) atoms. The first-order chi connectivity index (χ1) is 12.5. The fourth-order valence-corrected chi connectivity index (χ4v) is 2.57. The van der Waals surface area contributed by atoms with E-state index in [4.69, 9.17) is 0 Å². The van der Waals surface area contributed by atoms with E-state index < -0.39 is 0 Å². The molecule has 0 radical (unpaired) electrons. The van der Waals surface area contributed by atoms with Crippen molar-refractivity contribution in [2.75, 3.05) is 6.54 Å². The molecule has 0 aliphatic carbocycles. The van der Waals surface area contributed by atoms with Crippen molar-refractivity contribution in [1.29, 1.82) is 0 Å². The lowest BCUT2D eigenvalue weighted by Crippen LogP contribution is -2.39. The summed E-state index contributed by atoms with van der Waals surface area (Å²) in [6.45, 7) is 7.46. The predicted molar refractivity (Wildman–Crippen MR) is 104 cm³/mol. The van der Waals surface area contributed by atoms with Gasteiger partial charge in [0.1, 0.15) is 0 Å². The van der Waals surface area contributed by atoms with Crippen LogP contribution in [0.3, 0.4) is 0 Å². The monoisotopic (exact) mass is 353 g/mol. The van der Waals surface area contributed by atoms with E-state index in [1.807, 2.05) is 80.3 Å². The number of hydrogen-bond donors (Lipinski definition) is 2. The summed E-state index contributed by atoms with van der Waals surface area (Å²) in [7, 11) is 0. The summed E-state index contributed by atoms with van der Waals surface area (Å²) in [6.07, 6.45) is 0. The minimum atomic E-state index is -0.194. The first-order valence-electron chi connectivity index (χ1n) is 8.96. The van der Waals surface area contributed by atoms with E-state index in [1.54, 1.807) is 0 Å². The molecule has 0 unspecified atom stereocenters. The molecule has 5 heteroatoms. The second kappa shape index (κ2) is 9.61. The Bertz CT molecular complexity index is 712. The molecule has 2 aromatic carbocycles. The summed E-state index contributed by atoms with van der Waals surface area (Å²) < 4.78 is 0. The maximum atomic E-state index is 12.7. The van der Waals surface area contributed by atoms with Crippen LogP contribution in [0.15, 0.2) is 54.6 Å². The molecule has 0 saturated heterocycles. The van der Waals surface area contributed by atoms with Crippen LogP contribution in [0.4, 0.5) is 4.79 Å². The number of rotatable bonds is 7. The minimum absolute atomic E-state index is 0.00779. The van der Waals surface area contributed by atoms with Gasteiger partial charge in [0.2, 0.25) is 0 Å². The van der Waals surface area contributed by atoms with Crippen molar-refractivity contribution >= 4 is 11.9 Å². The average Bonchev–Trinajstić information content (AvgIpc) is 2.64. The zero-order valence-electron chi connectivity index (χ0n) is 15.7. The Kier molecular flexibility index (Phi) is 7.21. The molecular formula is C21H27N3O2. The van der Waals surface area contributed by atoms with Gasteiger partial charge < -0.3 is 15.5 Å². The van der Waals surface area contributed by atoms with Gasteiger partial charge in [0.05, 0.1) is 0 Å². The molecule has 0 saturated carbocycles. The van der Waals surface area contributed by atoms with Crippen LogP contribution in [0, 0.1) is 0 Å². The van der Waals surface area contributed by atoms with Gasteiger partial charge in [0.15, 0.2) is 0 Å². The molecule has 0 aromatic heterocycles. The fraction of sp³-hybridized carbons (Fsp3) is 0.333. The molecule has 2 N–H and O–H groups in total. The zero-order chi connectivity index (χ0) is 18.9. The molecule has 3 amide bonds. The summed E-state index contributed by atoms with van der Waals surface area (Å²) in [5.41, 5.74) is 2.71. The van der Waals surface area contributed by atoms with Crippen LogP contribution in [0.25, 0.3) is 0 Å². The summed E-state index contributed by atoms with van der Waals surface area (Å²) in [6, 6.07) is 17.2. The van der Waals surface area contributed by atoms with E-state index in [0.717, 1.165) is 11.1 Å². The highest BCUT2D eigenvalue weighted by Crippen LogP contribution is 2.11. The molecule has 2 rings (SSSR count). The summed E-state index contributed by atoms with van der Waals surface area (Å²) >= 11 is 0. The molecule has 0 aliphatic heterocycles. The lowest BCUT2D eigenvalue weighted by molar-refractivity contribution is 0.0752. The third kappa shape index (κ3) is 5.92. The standard InChI is InChI=1S/C21H27N3O2/c1-4-24(15-18-8-6-5-7-9-18)20(25)19-12-10-17(11-13-19)14-22-21(26)23-16(2)3/h5-13,16H,4,14-15H2,1-3H3,(H2,22,23,26). The third-order valence-corrected chi connectivity index (χ3v) is 3.96. The normalized spacial score (nSPS) is 10.5. The number of nitrogens with zero attached hydrogens (tertiary/aromatic N) is 1. The van der Waals surface area contributed by atoms with Gasteiger partial charge in [0.25, 0.3) is 5.91 Å². The fourth-order valence-electron chi connectivity index (χ4n) is 2.57. The molecule has 0 atom stereocenters. The highest BCUT2D eigenvalue weighted by Gasteiger charge is 2.14. The first kappa shape index (κ1) is 19.5. The van der Waals surface area contributed by atoms with E-state index in [-0.39, 0.29) is 18.0 Å². The Hall–Kier alpha value is -2.82. The van der Waals surface area contributed by atoms with Crippen LogP contribution < -0.4 is 10.6 Å². The Balaban J connectivity index is 1.95. The Morgan fingerprint density at radius 2 is 1.62 bits per heavy atom. The number of urea groups is 1. The van der Waals surface area contributed by atoms with Crippen LogP contribution >= 0.6 is 0 Å². The number of carbonyl (C=O) groups excluding carboxylic acids is 2. The van der Waals surface area contributed by atoms with Gasteiger partial charge in [-0.05, 0) is 44.0 Å². The largest absolute Gasteiger partial charge is 0.336 e. The van der Waals surface area contributed by atoms with Crippen LogP contribution in [-0.4, -0.2) is 29.4 Å². The van der Waals surface area contributed by atoms with Crippen molar-refractivity contribution in [2.24, 2.45) is 0 Å². The van der Waals surface area contributed by atoms with Gasteiger partial charge in [-0.25, -0.2) is 4.79 Å². The Morgan fingerprint density at radius 1 is 0.962 bits per heavy atom. The molecule has 5 nitrogen and oxygen atoms in total. The zero-order valence-corrected chi connectivity index (χ0v) is 15.7. The third-order valence-electron chi connectivity index (χ3n) is 3.96. The Labute approximate surface area is 155 Å². The second-order valence-corrected chi connectivity index (χ2v) is 6.48. The predicted octanol–water partition coefficient (Wildman–Crippen LogP) is 3.56. The lowest BCUT2D eigenvalue weighted by Gasteiger charge is -2.21. The number of nitrogens with one attached hydrogen (secondary N) is 2.